The van der Waals surface area contributed by atoms with E-state index in [1.54, 1.807) is 4.90 Å². The highest BCUT2D eigenvalue weighted by molar-refractivity contribution is 7.98. The Morgan fingerprint density at radius 2 is 1.89 bits per heavy atom. The molecule has 1 saturated carbocycles. The number of hydrogen-bond donors (Lipinski definition) is 1. The molecule has 0 bridgehead atoms. The van der Waals surface area contributed by atoms with Gasteiger partial charge in [0, 0.05) is 20.1 Å². The quantitative estimate of drug-likeness (QED) is 0.518. The van der Waals surface area contributed by atoms with Gasteiger partial charge in [-0.05, 0) is 25.0 Å². The maximum atomic E-state index is 13.2. The van der Waals surface area contributed by atoms with E-state index in [0.717, 1.165) is 25.7 Å². The van der Waals surface area contributed by atoms with Crippen LogP contribution in [0.2, 0.25) is 0 Å². The third-order valence-electron chi connectivity index (χ3n) is 4.88. The van der Waals surface area contributed by atoms with Crippen molar-refractivity contribution in [2.75, 3.05) is 24.7 Å². The van der Waals surface area contributed by atoms with Crippen LogP contribution in [0, 0.1) is 0 Å². The van der Waals surface area contributed by atoms with Crippen molar-refractivity contribution >= 4 is 34.6 Å². The molecule has 0 spiro atoms. The van der Waals surface area contributed by atoms with Crippen LogP contribution >= 0.6 is 11.8 Å². The fourth-order valence-electron chi connectivity index (χ4n) is 3.53. The van der Waals surface area contributed by atoms with Gasteiger partial charge in [0.2, 0.25) is 11.9 Å². The normalized spacial score (nSPS) is 14.6. The number of aromatic nitrogens is 5. The van der Waals surface area contributed by atoms with E-state index in [-0.39, 0.29) is 17.5 Å². The van der Waals surface area contributed by atoms with Gasteiger partial charge in [0.15, 0.2) is 5.16 Å². The Kier molecular flexibility index (Phi) is 5.17. The topological polar surface area (TPSA) is 103 Å². The predicted octanol–water partition coefficient (Wildman–Crippen LogP) is 2.64. The molecule has 2 heterocycles. The molecule has 0 unspecified atom stereocenters. The van der Waals surface area contributed by atoms with Crippen LogP contribution in [-0.4, -0.2) is 38.6 Å². The summed E-state index contributed by atoms with van der Waals surface area (Å²) in [7, 11) is 3.71. The van der Waals surface area contributed by atoms with Crippen LogP contribution in [0.4, 0.5) is 11.9 Å². The van der Waals surface area contributed by atoms with Gasteiger partial charge in [-0.2, -0.15) is 15.0 Å². The molecular weight excluding hydrogens is 374 g/mol. The Balaban J connectivity index is 1.72. The molecule has 0 radical (unpaired) electrons. The SMILES string of the molecule is CN(C)c1nc(N)nc(CSc2nc3ccccc3c(=O)n2C2CCCC2)n1. The summed E-state index contributed by atoms with van der Waals surface area (Å²) >= 11 is 1.47. The maximum absolute atomic E-state index is 13.2. The Hall–Kier alpha value is -2.68. The molecule has 146 valence electrons. The molecule has 1 aliphatic rings. The zero-order valence-electron chi connectivity index (χ0n) is 16.0. The Labute approximate surface area is 167 Å². The maximum Gasteiger partial charge on any atom is 0.262 e. The molecule has 1 fully saturated rings. The second kappa shape index (κ2) is 7.75. The fourth-order valence-corrected chi connectivity index (χ4v) is 4.45. The van der Waals surface area contributed by atoms with E-state index in [2.05, 4.69) is 15.0 Å². The van der Waals surface area contributed by atoms with Crippen LogP contribution in [-0.2, 0) is 5.75 Å². The molecule has 0 aliphatic heterocycles. The van der Waals surface area contributed by atoms with Gasteiger partial charge in [-0.15, -0.1) is 0 Å². The second-order valence-corrected chi connectivity index (χ2v) is 8.06. The highest BCUT2D eigenvalue weighted by Crippen LogP contribution is 2.32. The summed E-state index contributed by atoms with van der Waals surface area (Å²) in [6.07, 6.45) is 4.31. The smallest absolute Gasteiger partial charge is 0.262 e. The number of thioether (sulfide) groups is 1. The van der Waals surface area contributed by atoms with Crippen molar-refractivity contribution in [3.8, 4) is 0 Å². The van der Waals surface area contributed by atoms with Crippen LogP contribution in [0.5, 0.6) is 0 Å². The minimum Gasteiger partial charge on any atom is -0.368 e. The largest absolute Gasteiger partial charge is 0.368 e. The second-order valence-electron chi connectivity index (χ2n) is 7.12. The van der Waals surface area contributed by atoms with E-state index in [4.69, 9.17) is 10.7 Å². The van der Waals surface area contributed by atoms with Crippen LogP contribution in [0.1, 0.15) is 37.5 Å². The van der Waals surface area contributed by atoms with Gasteiger partial charge in [0.05, 0.1) is 16.7 Å². The molecule has 0 amide bonds. The summed E-state index contributed by atoms with van der Waals surface area (Å²) in [5.74, 6) is 1.74. The molecule has 9 heteroatoms. The van der Waals surface area contributed by atoms with E-state index in [0.29, 0.717) is 33.6 Å². The van der Waals surface area contributed by atoms with Gasteiger partial charge in [-0.25, -0.2) is 4.98 Å². The predicted molar refractivity (Wildman–Crippen MR) is 112 cm³/mol. The fraction of sp³-hybridized carbons (Fsp3) is 0.421. The van der Waals surface area contributed by atoms with Gasteiger partial charge < -0.3 is 10.6 Å². The summed E-state index contributed by atoms with van der Waals surface area (Å²) in [5.41, 5.74) is 6.57. The number of nitrogen functional groups attached to an aromatic ring is 1. The van der Waals surface area contributed by atoms with E-state index in [1.807, 2.05) is 42.9 Å². The first-order valence-electron chi connectivity index (χ1n) is 9.35. The number of anilines is 2. The molecule has 8 nitrogen and oxygen atoms in total. The van der Waals surface area contributed by atoms with Gasteiger partial charge >= 0.3 is 0 Å². The monoisotopic (exact) mass is 397 g/mol. The first-order valence-corrected chi connectivity index (χ1v) is 10.3. The lowest BCUT2D eigenvalue weighted by Gasteiger charge is -2.18. The number of rotatable bonds is 5. The molecule has 1 aromatic carbocycles. The van der Waals surface area contributed by atoms with Crippen LogP contribution in [0.25, 0.3) is 10.9 Å². The van der Waals surface area contributed by atoms with Crippen molar-refractivity contribution in [1.29, 1.82) is 0 Å². The number of hydrogen-bond acceptors (Lipinski definition) is 8. The zero-order valence-corrected chi connectivity index (χ0v) is 16.8. The summed E-state index contributed by atoms with van der Waals surface area (Å²) in [4.78, 5) is 32.6. The van der Waals surface area contributed by atoms with E-state index in [9.17, 15) is 4.79 Å². The zero-order chi connectivity index (χ0) is 19.7. The molecule has 28 heavy (non-hydrogen) atoms. The lowest BCUT2D eigenvalue weighted by molar-refractivity contribution is 0.457. The molecule has 0 atom stereocenters. The molecular formula is C19H23N7OS. The molecule has 0 saturated heterocycles. The van der Waals surface area contributed by atoms with E-state index < -0.39 is 0 Å². The highest BCUT2D eigenvalue weighted by atomic mass is 32.2. The number of nitrogens with two attached hydrogens (primary N) is 1. The average molecular weight is 398 g/mol. The standard InChI is InChI=1S/C19H23N7OS/c1-25(2)18-23-15(22-17(20)24-18)11-28-19-21-14-10-6-5-9-13(14)16(27)26(19)12-7-3-4-8-12/h5-6,9-10,12H,3-4,7-8,11H2,1-2H3,(H2,20,22,23,24). The number of fused-ring (bicyclic) bond motifs is 1. The minimum atomic E-state index is 0.0316. The van der Waals surface area contributed by atoms with Gasteiger partial charge in [0.1, 0.15) is 5.82 Å². The van der Waals surface area contributed by atoms with E-state index in [1.165, 1.54) is 11.8 Å². The van der Waals surface area contributed by atoms with Crippen molar-refractivity contribution in [1.82, 2.24) is 24.5 Å². The van der Waals surface area contributed by atoms with Crippen molar-refractivity contribution in [3.63, 3.8) is 0 Å². The van der Waals surface area contributed by atoms with Crippen molar-refractivity contribution in [2.45, 2.75) is 42.6 Å². The molecule has 2 aromatic heterocycles. The van der Waals surface area contributed by atoms with Crippen LogP contribution in [0.15, 0.2) is 34.2 Å². The molecule has 4 rings (SSSR count). The third kappa shape index (κ3) is 3.66. The molecule has 3 aromatic rings. The lowest BCUT2D eigenvalue weighted by Crippen LogP contribution is -2.26. The highest BCUT2D eigenvalue weighted by Gasteiger charge is 2.23. The van der Waals surface area contributed by atoms with Crippen molar-refractivity contribution in [2.24, 2.45) is 0 Å². The summed E-state index contributed by atoms with van der Waals surface area (Å²) in [6, 6.07) is 7.71. The first-order chi connectivity index (χ1) is 13.5. The van der Waals surface area contributed by atoms with E-state index >= 15 is 0 Å². The minimum absolute atomic E-state index is 0.0316. The first kappa shape index (κ1) is 18.7. The Morgan fingerprint density at radius 1 is 1.14 bits per heavy atom. The summed E-state index contributed by atoms with van der Waals surface area (Å²) in [6.45, 7) is 0. The number of para-hydroxylation sites is 1. The average Bonchev–Trinajstić information content (AvgIpc) is 3.20. The van der Waals surface area contributed by atoms with Crippen molar-refractivity contribution in [3.05, 3.63) is 40.4 Å². The van der Waals surface area contributed by atoms with Gasteiger partial charge in [0.25, 0.3) is 5.56 Å². The lowest BCUT2D eigenvalue weighted by atomic mass is 10.2. The van der Waals surface area contributed by atoms with Crippen molar-refractivity contribution < 1.29 is 0 Å². The number of nitrogens with zero attached hydrogens (tertiary/aromatic N) is 6. The molecule has 1 aliphatic carbocycles. The molecule has 2 N–H and O–H groups in total. The summed E-state index contributed by atoms with van der Waals surface area (Å²) in [5, 5.41) is 1.37. The number of benzene rings is 1. The van der Waals surface area contributed by atoms with Gasteiger partial charge in [-0.1, -0.05) is 36.7 Å². The van der Waals surface area contributed by atoms with Gasteiger partial charge in [-0.3, -0.25) is 9.36 Å². The third-order valence-corrected chi connectivity index (χ3v) is 5.83. The Bertz CT molecular complexity index is 1060. The Morgan fingerprint density at radius 3 is 2.64 bits per heavy atom. The summed E-state index contributed by atoms with van der Waals surface area (Å²) < 4.78 is 1.87. The van der Waals surface area contributed by atoms with Crippen LogP contribution in [0.3, 0.4) is 0 Å². The van der Waals surface area contributed by atoms with Crippen LogP contribution < -0.4 is 16.2 Å².